The van der Waals surface area contributed by atoms with E-state index in [-0.39, 0.29) is 11.4 Å². The summed E-state index contributed by atoms with van der Waals surface area (Å²) >= 11 is 0. The highest BCUT2D eigenvalue weighted by molar-refractivity contribution is 6.49. The molecule has 1 rings (SSSR count). The van der Waals surface area contributed by atoms with E-state index in [1.54, 1.807) is 0 Å². The van der Waals surface area contributed by atoms with Gasteiger partial charge in [0.2, 0.25) is 9.04 Å². The fraction of sp³-hybridized carbons (Fsp3) is 0.588. The molecule has 0 atom stereocenters. The topological polar surface area (TPSA) is 35.5 Å². The fourth-order valence-electron chi connectivity index (χ4n) is 2.06. The van der Waals surface area contributed by atoms with Crippen LogP contribution in [0.25, 0.3) is 0 Å². The predicted molar refractivity (Wildman–Crippen MR) is 89.6 cm³/mol. The van der Waals surface area contributed by atoms with Gasteiger partial charge in [-0.2, -0.15) is 0 Å². The van der Waals surface area contributed by atoms with Gasteiger partial charge in [0.05, 0.1) is 6.61 Å². The van der Waals surface area contributed by atoms with Crippen molar-refractivity contribution in [2.24, 2.45) is 0 Å². The van der Waals surface area contributed by atoms with E-state index in [2.05, 4.69) is 52.1 Å². The zero-order chi connectivity index (χ0) is 16.0. The Morgan fingerprint density at radius 3 is 2.43 bits per heavy atom. The predicted octanol–water partition coefficient (Wildman–Crippen LogP) is 3.84. The zero-order valence-corrected chi connectivity index (χ0v) is 15.3. The van der Waals surface area contributed by atoms with Gasteiger partial charge in [-0.05, 0) is 49.0 Å². The Balaban J connectivity index is 2.94. The summed E-state index contributed by atoms with van der Waals surface area (Å²) in [5.74, 6) is 0.790. The molecule has 0 saturated heterocycles. The molecule has 21 heavy (non-hydrogen) atoms. The Labute approximate surface area is 130 Å². The van der Waals surface area contributed by atoms with E-state index < -0.39 is 9.04 Å². The van der Waals surface area contributed by atoms with Crippen LogP contribution in [0, 0.1) is 0 Å². The maximum atomic E-state index is 11.5. The second-order valence-corrected chi connectivity index (χ2v) is 8.88. The highest BCUT2D eigenvalue weighted by Crippen LogP contribution is 2.29. The van der Waals surface area contributed by atoms with Crippen molar-refractivity contribution in [3.63, 3.8) is 0 Å². The normalized spacial score (nSPS) is 11.6. The summed E-state index contributed by atoms with van der Waals surface area (Å²) in [4.78, 5) is 11.5. The first-order valence-electron chi connectivity index (χ1n) is 7.69. The van der Waals surface area contributed by atoms with E-state index in [4.69, 9.17) is 9.16 Å². The van der Waals surface area contributed by atoms with E-state index in [1.807, 2.05) is 6.92 Å². The summed E-state index contributed by atoms with van der Waals surface area (Å²) < 4.78 is 11.1. The minimum atomic E-state index is -1.18. The van der Waals surface area contributed by atoms with E-state index >= 15 is 0 Å². The molecule has 1 aromatic carbocycles. The van der Waals surface area contributed by atoms with Crippen molar-refractivity contribution in [3.8, 4) is 5.75 Å². The largest absolute Gasteiger partial charge is 0.547 e. The molecule has 0 spiro atoms. The minimum Gasteiger partial charge on any atom is -0.547 e. The summed E-state index contributed by atoms with van der Waals surface area (Å²) in [6.07, 6.45) is 1.07. The zero-order valence-electron chi connectivity index (χ0n) is 14.2. The maximum Gasteiger partial charge on any atom is 0.306 e. The third-order valence-electron chi connectivity index (χ3n) is 3.20. The number of ether oxygens (including phenoxy) is 1. The van der Waals surface area contributed by atoms with Crippen LogP contribution in [0.15, 0.2) is 18.2 Å². The standard InChI is InChI=1S/C17H28O3Si/c1-7-19-16(18)11-9-13-8-10-14(17(2,3)4)12-15(13)20-21(5)6/h8,10,12,21H,7,9,11H2,1-6H3. The molecule has 0 aromatic heterocycles. The Morgan fingerprint density at radius 1 is 1.24 bits per heavy atom. The molecule has 0 bridgehead atoms. The van der Waals surface area contributed by atoms with Gasteiger partial charge < -0.3 is 9.16 Å². The molecule has 0 N–H and O–H groups in total. The van der Waals surface area contributed by atoms with Crippen LogP contribution in [-0.2, 0) is 21.4 Å². The van der Waals surface area contributed by atoms with Crippen LogP contribution in [0.4, 0.5) is 0 Å². The SMILES string of the molecule is CCOC(=O)CCc1ccc(C(C)(C)C)cc1O[SiH](C)C. The Hall–Kier alpha value is -1.29. The fourth-order valence-corrected chi connectivity index (χ4v) is 2.79. The van der Waals surface area contributed by atoms with Gasteiger partial charge in [0, 0.05) is 6.42 Å². The second kappa shape index (κ2) is 7.64. The van der Waals surface area contributed by atoms with Gasteiger partial charge >= 0.3 is 5.97 Å². The molecule has 0 amide bonds. The van der Waals surface area contributed by atoms with Gasteiger partial charge in [0.1, 0.15) is 5.75 Å². The average Bonchev–Trinajstić information content (AvgIpc) is 2.35. The van der Waals surface area contributed by atoms with Gasteiger partial charge in [-0.1, -0.05) is 32.9 Å². The van der Waals surface area contributed by atoms with Crippen LogP contribution in [0.3, 0.4) is 0 Å². The summed E-state index contributed by atoms with van der Waals surface area (Å²) in [5, 5.41) is 0. The molecule has 0 heterocycles. The van der Waals surface area contributed by atoms with Gasteiger partial charge in [0.15, 0.2) is 0 Å². The lowest BCUT2D eigenvalue weighted by Gasteiger charge is -2.22. The molecule has 3 nitrogen and oxygen atoms in total. The Bertz CT molecular complexity index is 475. The lowest BCUT2D eigenvalue weighted by atomic mass is 9.86. The first-order valence-corrected chi connectivity index (χ1v) is 10.5. The van der Waals surface area contributed by atoms with Crippen LogP contribution < -0.4 is 4.43 Å². The number of carbonyl (C=O) groups excluding carboxylic acids is 1. The van der Waals surface area contributed by atoms with Gasteiger partial charge in [-0.25, -0.2) is 0 Å². The van der Waals surface area contributed by atoms with Crippen molar-refractivity contribution in [1.29, 1.82) is 0 Å². The summed E-state index contributed by atoms with van der Waals surface area (Å²) in [5.41, 5.74) is 2.44. The molecule has 118 valence electrons. The number of hydrogen-bond acceptors (Lipinski definition) is 3. The molecule has 0 aliphatic carbocycles. The highest BCUT2D eigenvalue weighted by atomic mass is 28.3. The van der Waals surface area contributed by atoms with Crippen molar-refractivity contribution in [2.75, 3.05) is 6.61 Å². The maximum absolute atomic E-state index is 11.5. The molecular weight excluding hydrogens is 280 g/mol. The summed E-state index contributed by atoms with van der Waals surface area (Å²) in [6.45, 7) is 13.1. The van der Waals surface area contributed by atoms with E-state index in [1.165, 1.54) is 5.56 Å². The van der Waals surface area contributed by atoms with Crippen LogP contribution in [0.1, 0.15) is 45.2 Å². The van der Waals surface area contributed by atoms with Crippen molar-refractivity contribution in [3.05, 3.63) is 29.3 Å². The van der Waals surface area contributed by atoms with Crippen LogP contribution >= 0.6 is 0 Å². The number of benzene rings is 1. The molecule has 0 saturated carbocycles. The number of esters is 1. The quantitative estimate of drug-likeness (QED) is 0.591. The van der Waals surface area contributed by atoms with Gasteiger partial charge in [-0.15, -0.1) is 0 Å². The molecular formula is C17H28O3Si. The molecule has 1 aromatic rings. The molecule has 0 radical (unpaired) electrons. The second-order valence-electron chi connectivity index (χ2n) is 6.54. The van der Waals surface area contributed by atoms with Crippen molar-refractivity contribution in [2.45, 2.75) is 59.0 Å². The third kappa shape index (κ3) is 5.92. The van der Waals surface area contributed by atoms with Crippen molar-refractivity contribution < 1.29 is 14.0 Å². The lowest BCUT2D eigenvalue weighted by molar-refractivity contribution is -0.143. The smallest absolute Gasteiger partial charge is 0.306 e. The number of aryl methyl sites for hydroxylation is 1. The van der Waals surface area contributed by atoms with Crippen molar-refractivity contribution in [1.82, 2.24) is 0 Å². The van der Waals surface area contributed by atoms with Crippen LogP contribution in [-0.4, -0.2) is 21.6 Å². The molecule has 4 heteroatoms. The highest BCUT2D eigenvalue weighted by Gasteiger charge is 2.17. The molecule has 0 fully saturated rings. The first-order chi connectivity index (χ1) is 9.74. The van der Waals surface area contributed by atoms with E-state index in [9.17, 15) is 4.79 Å². The monoisotopic (exact) mass is 308 g/mol. The van der Waals surface area contributed by atoms with Crippen molar-refractivity contribution >= 4 is 15.0 Å². The third-order valence-corrected chi connectivity index (χ3v) is 3.92. The van der Waals surface area contributed by atoms with E-state index in [0.717, 1.165) is 11.3 Å². The lowest BCUT2D eigenvalue weighted by Crippen LogP contribution is -2.16. The Morgan fingerprint density at radius 2 is 1.90 bits per heavy atom. The molecule has 0 aliphatic rings. The Kier molecular flexibility index (Phi) is 6.46. The molecule has 0 aliphatic heterocycles. The van der Waals surface area contributed by atoms with Crippen LogP contribution in [0.5, 0.6) is 5.75 Å². The first kappa shape index (κ1) is 17.8. The average molecular weight is 308 g/mol. The number of hydrogen-bond donors (Lipinski definition) is 0. The van der Waals surface area contributed by atoms with Gasteiger partial charge in [-0.3, -0.25) is 4.79 Å². The van der Waals surface area contributed by atoms with Gasteiger partial charge in [0.25, 0.3) is 0 Å². The molecule has 0 unspecified atom stereocenters. The number of rotatable bonds is 6. The van der Waals surface area contributed by atoms with Crippen LogP contribution in [0.2, 0.25) is 13.1 Å². The summed E-state index contributed by atoms with van der Waals surface area (Å²) in [7, 11) is -1.18. The number of carbonyl (C=O) groups is 1. The van der Waals surface area contributed by atoms with E-state index in [0.29, 0.717) is 19.4 Å². The minimum absolute atomic E-state index is 0.0936. The summed E-state index contributed by atoms with van der Waals surface area (Å²) in [6, 6.07) is 6.36.